The second-order valence-corrected chi connectivity index (χ2v) is 6.19. The standard InChI is InChI=1S/C10H14N5O2.C3H8.2C2H6.Tl/c11-9-8-10(13-4-12-9)15(5-14-8)7-2-1-6(3-16)17-7;1-3-2;2*1-2;/h4-8,10,16H,1-3H2,(H-,11,12,13);3H2,1-2H3;2*1-2H3;/q-1;;;;+1. The molecule has 4 unspecified atom stereocenters. The molecule has 0 radical (unpaired) electrons. The molecule has 3 rings (SSSR count). The van der Waals surface area contributed by atoms with Gasteiger partial charge in [0, 0.05) is 0 Å². The Labute approximate surface area is 169 Å². The maximum absolute atomic E-state index is 9.11. The van der Waals surface area contributed by atoms with Crippen LogP contribution >= 0.6 is 0 Å². The van der Waals surface area contributed by atoms with Gasteiger partial charge < -0.3 is 0 Å². The van der Waals surface area contributed by atoms with Crippen LogP contribution in [0.5, 0.6) is 0 Å². The van der Waals surface area contributed by atoms with Gasteiger partial charge in [-0.15, -0.1) is 0 Å². The van der Waals surface area contributed by atoms with Crippen LogP contribution in [0.2, 0.25) is 0 Å². The second-order valence-electron chi connectivity index (χ2n) is 5.19. The van der Waals surface area contributed by atoms with E-state index in [4.69, 9.17) is 9.84 Å². The first-order valence-electron chi connectivity index (χ1n) is 9.38. The molecule has 0 amide bonds. The van der Waals surface area contributed by atoms with Gasteiger partial charge in [0.15, 0.2) is 0 Å². The number of aliphatic hydroxyl groups is 1. The van der Waals surface area contributed by atoms with E-state index in [-0.39, 0.29) is 31.1 Å². The van der Waals surface area contributed by atoms with Crippen LogP contribution in [-0.2, 0) is 4.74 Å². The minimum absolute atomic E-state index is 0.0308. The van der Waals surface area contributed by atoms with Crippen LogP contribution in [0.4, 0.5) is 0 Å². The molecule has 8 heteroatoms. The number of hydrogen-bond acceptors (Lipinski definition) is 6. The van der Waals surface area contributed by atoms with Crippen molar-refractivity contribution >= 4 is 44.6 Å². The first kappa shape index (κ1) is 24.5. The van der Waals surface area contributed by atoms with E-state index >= 15 is 0 Å². The van der Waals surface area contributed by atoms with E-state index in [0.717, 1.165) is 18.7 Å². The minimum atomic E-state index is -0.0543. The van der Waals surface area contributed by atoms with Crippen molar-refractivity contribution in [1.82, 2.24) is 10.2 Å². The number of nitrogens with zero attached hydrogens (tertiary/aromatic N) is 4. The number of fused-ring (bicyclic) bond motifs is 1. The van der Waals surface area contributed by atoms with Crippen molar-refractivity contribution in [3.8, 4) is 0 Å². The molecule has 7 nitrogen and oxygen atoms in total. The average Bonchev–Trinajstić information content (AvgIpc) is 3.32. The SMILES string of the molecule is CC.CC.CCC.OCC1CCC(N2C=NC3/C(=[N]/[Tl])NC=NC32)O1. The zero-order valence-electron chi connectivity index (χ0n) is 16.5. The van der Waals surface area contributed by atoms with Gasteiger partial charge in [0.2, 0.25) is 0 Å². The third-order valence-corrected chi connectivity index (χ3v) is 4.51. The van der Waals surface area contributed by atoms with E-state index in [1.807, 2.05) is 32.6 Å². The number of hydrogen-bond donors (Lipinski definition) is 2. The van der Waals surface area contributed by atoms with Crippen molar-refractivity contribution < 1.29 is 9.84 Å². The van der Waals surface area contributed by atoms with Crippen LogP contribution in [0.15, 0.2) is 12.8 Å². The summed E-state index contributed by atoms with van der Waals surface area (Å²) < 4.78 is 10.1. The molecule has 3 heterocycles. The maximum atomic E-state index is 9.11. The van der Waals surface area contributed by atoms with Gasteiger partial charge in [0.05, 0.1) is 0 Å². The normalized spacial score (nSPS) is 30.2. The van der Waals surface area contributed by atoms with Crippen molar-refractivity contribution in [2.45, 2.75) is 85.3 Å². The Morgan fingerprint density at radius 1 is 1.28 bits per heavy atom. The molecule has 4 atom stereocenters. The Morgan fingerprint density at radius 2 is 1.92 bits per heavy atom. The predicted octanol–water partition coefficient (Wildman–Crippen LogP) is 2.10. The van der Waals surface area contributed by atoms with Crippen molar-refractivity contribution in [2.24, 2.45) is 12.8 Å². The summed E-state index contributed by atoms with van der Waals surface area (Å²) in [7, 11) is 0. The topological polar surface area (TPSA) is 81.8 Å². The number of ether oxygens (including phenoxy) is 1. The molecule has 2 N–H and O–H groups in total. The Morgan fingerprint density at radius 3 is 2.44 bits per heavy atom. The molecule has 25 heavy (non-hydrogen) atoms. The van der Waals surface area contributed by atoms with E-state index < -0.39 is 0 Å². The van der Waals surface area contributed by atoms with Gasteiger partial charge >= 0.3 is 121 Å². The van der Waals surface area contributed by atoms with Crippen LogP contribution in [0, 0.1) is 0 Å². The monoisotopic (exact) mass is 545 g/mol. The van der Waals surface area contributed by atoms with E-state index in [2.05, 4.69) is 32.0 Å². The van der Waals surface area contributed by atoms with Crippen LogP contribution in [0.3, 0.4) is 0 Å². The van der Waals surface area contributed by atoms with Gasteiger partial charge in [-0.25, -0.2) is 0 Å². The number of rotatable bonds is 2. The van der Waals surface area contributed by atoms with Crippen molar-refractivity contribution in [1.29, 1.82) is 0 Å². The van der Waals surface area contributed by atoms with E-state index in [1.165, 1.54) is 6.42 Å². The number of aliphatic hydroxyl groups excluding tert-OH is 1. The molecule has 0 aliphatic carbocycles. The molecule has 0 aromatic rings. The number of aliphatic imine (C=N–C) groups is 2. The molecule has 1 saturated heterocycles. The fourth-order valence-electron chi connectivity index (χ4n) is 2.49. The molecule has 3 aliphatic rings. The Bertz CT molecular complexity index is 431. The molecule has 0 aromatic heterocycles. The molecule has 0 aromatic carbocycles. The third kappa shape index (κ3) is 6.93. The summed E-state index contributed by atoms with van der Waals surface area (Å²) in [4.78, 5) is 10.9. The summed E-state index contributed by atoms with van der Waals surface area (Å²) >= 11 is 0.551. The molecule has 142 valence electrons. The van der Waals surface area contributed by atoms with Crippen LogP contribution in [-0.4, -0.2) is 85.7 Å². The van der Waals surface area contributed by atoms with E-state index in [0.29, 0.717) is 26.1 Å². The van der Waals surface area contributed by atoms with Crippen molar-refractivity contribution in [2.75, 3.05) is 6.61 Å². The van der Waals surface area contributed by atoms with Crippen molar-refractivity contribution in [3.05, 3.63) is 0 Å². The summed E-state index contributed by atoms with van der Waals surface area (Å²) in [5, 5.41) is 12.2. The zero-order valence-corrected chi connectivity index (χ0v) is 21.0. The second kappa shape index (κ2) is 14.6. The van der Waals surface area contributed by atoms with Crippen LogP contribution in [0.25, 0.3) is 0 Å². The number of nitrogens with one attached hydrogen (secondary N) is 1. The summed E-state index contributed by atoms with van der Waals surface area (Å²) in [5.41, 5.74) is 0. The van der Waals surface area contributed by atoms with Gasteiger partial charge in [0.1, 0.15) is 0 Å². The van der Waals surface area contributed by atoms with Gasteiger partial charge in [-0.3, -0.25) is 0 Å². The predicted molar refractivity (Wildman–Crippen MR) is 106 cm³/mol. The Balaban J connectivity index is 0.000000728. The summed E-state index contributed by atoms with van der Waals surface area (Å²) in [6.45, 7) is 12.3. The summed E-state index contributed by atoms with van der Waals surface area (Å²) in [5.74, 6) is 0.899. The molecular formula is C17H34N5O2Tl. The van der Waals surface area contributed by atoms with Gasteiger partial charge in [-0.2, -0.15) is 0 Å². The quantitative estimate of drug-likeness (QED) is 0.522. The van der Waals surface area contributed by atoms with Crippen LogP contribution < -0.4 is 5.32 Å². The van der Waals surface area contributed by atoms with Gasteiger partial charge in [-0.05, 0) is 0 Å². The van der Waals surface area contributed by atoms with Crippen molar-refractivity contribution in [3.63, 3.8) is 0 Å². The molecule has 0 saturated carbocycles. The molecule has 3 aliphatic heterocycles. The Kier molecular flexibility index (Phi) is 14.3. The van der Waals surface area contributed by atoms with Gasteiger partial charge in [0.25, 0.3) is 0 Å². The van der Waals surface area contributed by atoms with E-state index in [1.54, 1.807) is 12.7 Å². The Hall–Kier alpha value is -0.548. The first-order valence-corrected chi connectivity index (χ1v) is 11.4. The fourth-order valence-corrected chi connectivity index (χ4v) is 3.37. The average molecular weight is 545 g/mol. The zero-order chi connectivity index (χ0) is 19.2. The molecule has 0 spiro atoms. The third-order valence-electron chi connectivity index (χ3n) is 3.43. The fraction of sp³-hybridized carbons (Fsp3) is 0.824. The number of amidine groups is 1. The van der Waals surface area contributed by atoms with Crippen LogP contribution in [0.1, 0.15) is 60.8 Å². The van der Waals surface area contributed by atoms with Gasteiger partial charge in [-0.1, -0.05) is 48.0 Å². The molecule has 1 fully saturated rings. The first-order chi connectivity index (χ1) is 12.2. The molecule has 0 bridgehead atoms. The summed E-state index contributed by atoms with van der Waals surface area (Å²) in [6.07, 6.45) is 6.39. The molecular weight excluding hydrogens is 511 g/mol. The van der Waals surface area contributed by atoms with E-state index in [9.17, 15) is 0 Å². The summed E-state index contributed by atoms with van der Waals surface area (Å²) in [6, 6.07) is -0.0308.